The standard InChI is InChI=1S/C16H19N3O2.C7H15NOS.C6H8N2O.C2H4/c17-12-4-3-5-13(10-12)18-16(20)11-19-8-9-21-15-7-2-1-6-14(15)19;1-5-8(3)7(9)6(2)10-4;1-3-8-6(9)5(2)4-7;1-2/h1,3-6,10H,2,7-9,11,17H2,(H,18,20);6H,5H2,1-4H3;2-3H2,1H3,(H,8,9);1-2H2. The first-order valence-corrected chi connectivity index (χ1v) is 14.9. The van der Waals surface area contributed by atoms with Crippen molar-refractivity contribution in [2.24, 2.45) is 0 Å². The van der Waals surface area contributed by atoms with Gasteiger partial charge in [0.05, 0.1) is 24.0 Å². The first kappa shape index (κ1) is 37.8. The maximum atomic E-state index is 12.2. The van der Waals surface area contributed by atoms with E-state index in [1.54, 1.807) is 41.8 Å². The monoisotopic (exact) mass is 598 g/mol. The zero-order chi connectivity index (χ0) is 32.1. The summed E-state index contributed by atoms with van der Waals surface area (Å²) in [4.78, 5) is 37.7. The molecule has 0 radical (unpaired) electrons. The van der Waals surface area contributed by atoms with Gasteiger partial charge in [-0.3, -0.25) is 14.4 Å². The molecule has 2 aliphatic rings. The summed E-state index contributed by atoms with van der Waals surface area (Å²) in [5.74, 6) is 0.781. The van der Waals surface area contributed by atoms with Gasteiger partial charge in [0, 0.05) is 37.9 Å². The number of nitrogens with zero attached hydrogens (tertiary/aromatic N) is 3. The maximum Gasteiger partial charge on any atom is 0.261 e. The molecule has 0 saturated carbocycles. The molecule has 1 heterocycles. The number of allylic oxidation sites excluding steroid dienone is 3. The number of nitriles is 1. The highest BCUT2D eigenvalue weighted by Gasteiger charge is 2.23. The second-order valence-electron chi connectivity index (χ2n) is 8.87. The number of nitrogen functional groups attached to an aromatic ring is 1. The van der Waals surface area contributed by atoms with E-state index in [4.69, 9.17) is 15.7 Å². The molecule has 1 atom stereocenters. The summed E-state index contributed by atoms with van der Waals surface area (Å²) in [6.07, 6.45) is 8.04. The highest BCUT2D eigenvalue weighted by atomic mass is 32.2. The maximum absolute atomic E-state index is 12.2. The molecule has 1 aliphatic carbocycles. The lowest BCUT2D eigenvalue weighted by molar-refractivity contribution is -0.128. The number of carbonyl (C=O) groups is 3. The topological polar surface area (TPSA) is 141 Å². The second-order valence-corrected chi connectivity index (χ2v) is 10.1. The molecule has 11 heteroatoms. The molecule has 1 aliphatic heterocycles. The van der Waals surface area contributed by atoms with Crippen molar-refractivity contribution in [3.05, 3.63) is 73.2 Å². The minimum atomic E-state index is -0.389. The van der Waals surface area contributed by atoms with Crippen LogP contribution in [-0.4, -0.2) is 78.9 Å². The lowest BCUT2D eigenvalue weighted by atomic mass is 10.1. The van der Waals surface area contributed by atoms with Gasteiger partial charge in [-0.15, -0.1) is 13.2 Å². The van der Waals surface area contributed by atoms with Crippen LogP contribution < -0.4 is 16.4 Å². The number of benzene rings is 1. The average molecular weight is 599 g/mol. The van der Waals surface area contributed by atoms with E-state index in [2.05, 4.69) is 41.3 Å². The lowest BCUT2D eigenvalue weighted by Gasteiger charge is -2.33. The van der Waals surface area contributed by atoms with Gasteiger partial charge in [0.2, 0.25) is 11.8 Å². The van der Waals surface area contributed by atoms with E-state index in [-0.39, 0.29) is 28.5 Å². The molecular formula is C31H46N6O4S. The number of amides is 3. The molecule has 10 nitrogen and oxygen atoms in total. The highest BCUT2D eigenvalue weighted by Crippen LogP contribution is 2.26. The van der Waals surface area contributed by atoms with Crippen LogP contribution in [0.15, 0.2) is 73.2 Å². The lowest BCUT2D eigenvalue weighted by Crippen LogP contribution is -2.38. The Morgan fingerprint density at radius 1 is 1.29 bits per heavy atom. The number of ether oxygens (including phenoxy) is 1. The number of thioether (sulfide) groups is 1. The van der Waals surface area contributed by atoms with Crippen LogP contribution >= 0.6 is 11.8 Å². The van der Waals surface area contributed by atoms with Crippen LogP contribution in [-0.2, 0) is 19.1 Å². The number of rotatable bonds is 8. The molecule has 1 unspecified atom stereocenters. The second kappa shape index (κ2) is 21.6. The third-order valence-electron chi connectivity index (χ3n) is 5.88. The Hall–Kier alpha value is -4.17. The normalized spacial score (nSPS) is 13.4. The summed E-state index contributed by atoms with van der Waals surface area (Å²) in [7, 11) is 1.83. The Kier molecular flexibility index (Phi) is 19.4. The summed E-state index contributed by atoms with van der Waals surface area (Å²) in [6, 6.07) is 8.84. The van der Waals surface area contributed by atoms with E-state index >= 15 is 0 Å². The van der Waals surface area contributed by atoms with E-state index < -0.39 is 0 Å². The number of anilines is 2. The molecule has 3 rings (SSSR count). The molecule has 4 N–H and O–H groups in total. The zero-order valence-corrected chi connectivity index (χ0v) is 26.4. The summed E-state index contributed by atoms with van der Waals surface area (Å²) in [5.41, 5.74) is 8.07. The van der Waals surface area contributed by atoms with Crippen molar-refractivity contribution < 1.29 is 19.1 Å². The molecular weight excluding hydrogens is 552 g/mol. The van der Waals surface area contributed by atoms with Gasteiger partial charge < -0.3 is 30.9 Å². The summed E-state index contributed by atoms with van der Waals surface area (Å²) in [5, 5.41) is 13.5. The molecule has 0 saturated heterocycles. The number of hydrogen-bond donors (Lipinski definition) is 3. The van der Waals surface area contributed by atoms with Crippen LogP contribution in [0, 0.1) is 11.3 Å². The number of likely N-dealkylation sites (N-methyl/N-ethyl adjacent to an activating group) is 1. The van der Waals surface area contributed by atoms with Gasteiger partial charge >= 0.3 is 0 Å². The number of carbonyl (C=O) groups excluding carboxylic acids is 3. The van der Waals surface area contributed by atoms with Crippen molar-refractivity contribution in [2.75, 3.05) is 57.1 Å². The smallest absolute Gasteiger partial charge is 0.261 e. The summed E-state index contributed by atoms with van der Waals surface area (Å²) in [6.45, 7) is 17.9. The largest absolute Gasteiger partial charge is 0.494 e. The molecule has 230 valence electrons. The van der Waals surface area contributed by atoms with Gasteiger partial charge in [-0.25, -0.2) is 0 Å². The van der Waals surface area contributed by atoms with Crippen molar-refractivity contribution >= 4 is 40.9 Å². The predicted molar refractivity (Wildman–Crippen MR) is 173 cm³/mol. The Morgan fingerprint density at radius 3 is 2.55 bits per heavy atom. The van der Waals surface area contributed by atoms with E-state index in [0.29, 0.717) is 25.4 Å². The highest BCUT2D eigenvalue weighted by molar-refractivity contribution is 7.99. The van der Waals surface area contributed by atoms with E-state index in [1.165, 1.54) is 0 Å². The fourth-order valence-electron chi connectivity index (χ4n) is 3.50. The SMILES string of the molecule is C=C.C=C(C#N)C(=O)NCC.CCN(C)C(=O)C(C)SC.Nc1cccc(NC(=O)CN2CCOC3=C2C=CCC3)c1. The molecule has 3 amide bonds. The van der Waals surface area contributed by atoms with Crippen molar-refractivity contribution in [1.82, 2.24) is 15.1 Å². The molecule has 0 fully saturated rings. The van der Waals surface area contributed by atoms with Crippen LogP contribution in [0.1, 0.15) is 33.6 Å². The third kappa shape index (κ3) is 13.9. The van der Waals surface area contributed by atoms with Crippen molar-refractivity contribution in [3.63, 3.8) is 0 Å². The number of hydrogen-bond acceptors (Lipinski definition) is 8. The fraction of sp³-hybridized carbons (Fsp3) is 0.419. The van der Waals surface area contributed by atoms with Gasteiger partial charge in [0.15, 0.2) is 0 Å². The Labute approximate surface area is 255 Å². The minimum Gasteiger partial charge on any atom is -0.494 e. The van der Waals surface area contributed by atoms with Gasteiger partial charge in [-0.05, 0) is 57.7 Å². The Balaban J connectivity index is 0.000000674. The number of nitrogens with one attached hydrogen (secondary N) is 2. The van der Waals surface area contributed by atoms with Crippen LogP contribution in [0.25, 0.3) is 0 Å². The Morgan fingerprint density at radius 2 is 1.98 bits per heavy atom. The number of nitrogens with two attached hydrogens (primary N) is 1. The van der Waals surface area contributed by atoms with Crippen LogP contribution in [0.3, 0.4) is 0 Å². The van der Waals surface area contributed by atoms with E-state index in [9.17, 15) is 14.4 Å². The van der Waals surface area contributed by atoms with Crippen molar-refractivity contribution in [2.45, 2.75) is 38.9 Å². The summed E-state index contributed by atoms with van der Waals surface area (Å²) < 4.78 is 5.67. The fourth-order valence-corrected chi connectivity index (χ4v) is 3.88. The van der Waals surface area contributed by atoms with Gasteiger partial charge in [0.25, 0.3) is 5.91 Å². The van der Waals surface area contributed by atoms with Crippen LogP contribution in [0.4, 0.5) is 11.4 Å². The van der Waals surface area contributed by atoms with E-state index in [1.807, 2.05) is 45.4 Å². The average Bonchev–Trinajstić information content (AvgIpc) is 3.01. The quantitative estimate of drug-likeness (QED) is 0.174. The Bertz CT molecular complexity index is 1130. The first-order valence-electron chi connectivity index (χ1n) is 13.7. The van der Waals surface area contributed by atoms with Crippen LogP contribution in [0.5, 0.6) is 0 Å². The molecule has 42 heavy (non-hydrogen) atoms. The molecule has 1 aromatic rings. The molecule has 0 spiro atoms. The molecule has 1 aromatic carbocycles. The zero-order valence-electron chi connectivity index (χ0n) is 25.6. The summed E-state index contributed by atoms with van der Waals surface area (Å²) >= 11 is 1.59. The van der Waals surface area contributed by atoms with E-state index in [0.717, 1.165) is 43.1 Å². The van der Waals surface area contributed by atoms with Crippen molar-refractivity contribution in [1.29, 1.82) is 5.26 Å². The molecule has 0 bridgehead atoms. The predicted octanol–water partition coefficient (Wildman–Crippen LogP) is 4.32. The van der Waals surface area contributed by atoms with Crippen molar-refractivity contribution in [3.8, 4) is 6.07 Å². The third-order valence-corrected chi connectivity index (χ3v) is 6.79. The first-order chi connectivity index (χ1) is 20.1. The van der Waals surface area contributed by atoms with Gasteiger partial charge in [-0.2, -0.15) is 17.0 Å². The minimum absolute atomic E-state index is 0.0446. The van der Waals surface area contributed by atoms with Gasteiger partial charge in [-0.1, -0.05) is 18.7 Å². The van der Waals surface area contributed by atoms with Gasteiger partial charge in [0.1, 0.15) is 24.0 Å². The molecule has 0 aromatic heterocycles. The van der Waals surface area contributed by atoms with Crippen LogP contribution in [0.2, 0.25) is 0 Å².